The monoisotopic (exact) mass is 517 g/mol. The Morgan fingerprint density at radius 2 is 2.00 bits per heavy atom. The van der Waals surface area contributed by atoms with Gasteiger partial charge in [-0.3, -0.25) is 4.99 Å². The topological polar surface area (TPSA) is 93.8 Å². The fourth-order valence-corrected chi connectivity index (χ4v) is 2.54. The van der Waals surface area contributed by atoms with E-state index in [1.54, 1.807) is 7.05 Å². The molecule has 2 rings (SSSR count). The molecule has 162 valence electrons. The summed E-state index contributed by atoms with van der Waals surface area (Å²) in [7, 11) is 1.72. The van der Waals surface area contributed by atoms with Crippen molar-refractivity contribution in [2.45, 2.75) is 53.3 Å². The van der Waals surface area contributed by atoms with E-state index in [1.165, 1.54) is 5.56 Å². The van der Waals surface area contributed by atoms with Crippen LogP contribution < -0.4 is 15.4 Å². The van der Waals surface area contributed by atoms with Gasteiger partial charge in [-0.05, 0) is 38.8 Å². The molecule has 0 radical (unpaired) electrons. The summed E-state index contributed by atoms with van der Waals surface area (Å²) >= 11 is 0. The maximum Gasteiger partial charge on any atom is 0.246 e. The number of rotatable bonds is 10. The van der Waals surface area contributed by atoms with E-state index in [-0.39, 0.29) is 30.1 Å². The molecule has 8 nitrogen and oxygen atoms in total. The molecule has 0 spiro atoms. The van der Waals surface area contributed by atoms with Crippen molar-refractivity contribution in [2.24, 2.45) is 4.99 Å². The number of ether oxygens (including phenoxy) is 2. The van der Waals surface area contributed by atoms with Crippen molar-refractivity contribution in [2.75, 3.05) is 20.3 Å². The number of aliphatic imine (C=N–C) groups is 1. The molecule has 1 aromatic carbocycles. The molecule has 0 aliphatic rings. The Hall–Kier alpha value is -1.88. The molecule has 0 aliphatic carbocycles. The van der Waals surface area contributed by atoms with Crippen LogP contribution in [0.4, 0.5) is 0 Å². The summed E-state index contributed by atoms with van der Waals surface area (Å²) in [5, 5.41) is 10.4. The van der Waals surface area contributed by atoms with Gasteiger partial charge in [0.1, 0.15) is 11.9 Å². The summed E-state index contributed by atoms with van der Waals surface area (Å²) in [6.45, 7) is 10.2. The first kappa shape index (κ1) is 25.2. The van der Waals surface area contributed by atoms with Crippen LogP contribution in [0.5, 0.6) is 5.75 Å². The average Bonchev–Trinajstić information content (AvgIpc) is 3.17. The Morgan fingerprint density at radius 3 is 2.69 bits per heavy atom. The van der Waals surface area contributed by atoms with Crippen molar-refractivity contribution in [3.05, 3.63) is 41.0 Å². The minimum Gasteiger partial charge on any atom is -0.493 e. The fourth-order valence-electron chi connectivity index (χ4n) is 2.54. The average molecular weight is 517 g/mol. The van der Waals surface area contributed by atoms with Gasteiger partial charge in [-0.2, -0.15) is 4.98 Å². The zero-order valence-electron chi connectivity index (χ0n) is 17.8. The Morgan fingerprint density at radius 1 is 1.24 bits per heavy atom. The normalized spacial score (nSPS) is 12.2. The molecule has 1 aromatic heterocycles. The van der Waals surface area contributed by atoms with E-state index in [4.69, 9.17) is 14.0 Å². The predicted molar refractivity (Wildman–Crippen MR) is 124 cm³/mol. The molecule has 1 atom stereocenters. The van der Waals surface area contributed by atoms with E-state index in [2.05, 4.69) is 57.8 Å². The predicted octanol–water partition coefficient (Wildman–Crippen LogP) is 3.75. The van der Waals surface area contributed by atoms with E-state index in [9.17, 15) is 0 Å². The number of benzene rings is 1. The lowest BCUT2D eigenvalue weighted by molar-refractivity contribution is 0.0683. The zero-order valence-corrected chi connectivity index (χ0v) is 20.1. The Balaban J connectivity index is 0.00000420. The summed E-state index contributed by atoms with van der Waals surface area (Å²) < 4.78 is 16.6. The van der Waals surface area contributed by atoms with Crippen LogP contribution in [0.25, 0.3) is 0 Å². The highest BCUT2D eigenvalue weighted by Crippen LogP contribution is 2.20. The lowest BCUT2D eigenvalue weighted by Crippen LogP contribution is -2.36. The second kappa shape index (κ2) is 13.4. The van der Waals surface area contributed by atoms with E-state index < -0.39 is 0 Å². The van der Waals surface area contributed by atoms with Gasteiger partial charge in [0.25, 0.3) is 0 Å². The molecule has 0 amide bonds. The smallest absolute Gasteiger partial charge is 0.246 e. The third kappa shape index (κ3) is 8.17. The first-order valence-corrected chi connectivity index (χ1v) is 9.68. The standard InChI is InChI=1S/C20H31N5O3.HI/c1-6-10-27-17-11-14(3)8-9-16(17)12-22-20(21-5)23-13-18-24-19(25-28-18)15(4)26-7-2;/h8-9,11,15H,6-7,10,12-13H2,1-5H3,(H2,21,22,23);1H. The van der Waals surface area contributed by atoms with Crippen LogP contribution in [0.2, 0.25) is 0 Å². The lowest BCUT2D eigenvalue weighted by Gasteiger charge is -2.14. The Labute approximate surface area is 189 Å². The van der Waals surface area contributed by atoms with E-state index in [1.807, 2.05) is 13.8 Å². The number of hydrogen-bond acceptors (Lipinski definition) is 6. The molecule has 29 heavy (non-hydrogen) atoms. The number of aromatic nitrogens is 2. The number of aryl methyl sites for hydroxylation is 1. The van der Waals surface area contributed by atoms with Gasteiger partial charge < -0.3 is 24.6 Å². The molecule has 9 heteroatoms. The molecule has 1 heterocycles. The van der Waals surface area contributed by atoms with Gasteiger partial charge in [-0.25, -0.2) is 0 Å². The first-order valence-electron chi connectivity index (χ1n) is 9.68. The van der Waals surface area contributed by atoms with E-state index in [0.29, 0.717) is 44.0 Å². The van der Waals surface area contributed by atoms with Gasteiger partial charge in [0, 0.05) is 25.8 Å². The summed E-state index contributed by atoms with van der Waals surface area (Å²) in [6.07, 6.45) is 0.779. The van der Waals surface area contributed by atoms with Crippen molar-refractivity contribution < 1.29 is 14.0 Å². The number of guanidine groups is 1. The van der Waals surface area contributed by atoms with Gasteiger partial charge in [0.15, 0.2) is 11.8 Å². The molecule has 0 aliphatic heterocycles. The van der Waals surface area contributed by atoms with E-state index in [0.717, 1.165) is 17.7 Å². The number of nitrogens with one attached hydrogen (secondary N) is 2. The molecule has 1 unspecified atom stereocenters. The Bertz CT molecular complexity index is 766. The molecule has 2 N–H and O–H groups in total. The molecule has 0 fully saturated rings. The molecular weight excluding hydrogens is 485 g/mol. The maximum absolute atomic E-state index is 5.86. The quantitative estimate of drug-likeness (QED) is 0.282. The molecule has 2 aromatic rings. The van der Waals surface area contributed by atoms with Crippen molar-refractivity contribution in [3.63, 3.8) is 0 Å². The van der Waals surface area contributed by atoms with Gasteiger partial charge in [0.2, 0.25) is 5.89 Å². The van der Waals surface area contributed by atoms with Crippen LogP contribution in [0.15, 0.2) is 27.7 Å². The van der Waals surface area contributed by atoms with Crippen LogP contribution in [-0.2, 0) is 17.8 Å². The fraction of sp³-hybridized carbons (Fsp3) is 0.550. The van der Waals surface area contributed by atoms with Crippen molar-refractivity contribution in [1.82, 2.24) is 20.8 Å². The molecule has 0 bridgehead atoms. The number of hydrogen-bond donors (Lipinski definition) is 2. The van der Waals surface area contributed by atoms with Crippen LogP contribution >= 0.6 is 24.0 Å². The largest absolute Gasteiger partial charge is 0.493 e. The maximum atomic E-state index is 5.86. The van der Waals surface area contributed by atoms with Gasteiger partial charge in [-0.1, -0.05) is 24.2 Å². The number of halogens is 1. The number of nitrogens with zero attached hydrogens (tertiary/aromatic N) is 3. The second-order valence-corrected chi connectivity index (χ2v) is 6.38. The van der Waals surface area contributed by atoms with Crippen molar-refractivity contribution in [3.8, 4) is 5.75 Å². The second-order valence-electron chi connectivity index (χ2n) is 6.38. The highest BCUT2D eigenvalue weighted by atomic mass is 127. The van der Waals surface area contributed by atoms with Crippen LogP contribution in [0, 0.1) is 6.92 Å². The highest BCUT2D eigenvalue weighted by Gasteiger charge is 2.14. The zero-order chi connectivity index (χ0) is 20.4. The van der Waals surface area contributed by atoms with Crippen molar-refractivity contribution >= 4 is 29.9 Å². The summed E-state index contributed by atoms with van der Waals surface area (Å²) in [5.74, 6) is 2.56. The summed E-state index contributed by atoms with van der Waals surface area (Å²) in [5.41, 5.74) is 2.25. The van der Waals surface area contributed by atoms with Crippen LogP contribution in [0.1, 0.15) is 56.1 Å². The van der Waals surface area contributed by atoms with Gasteiger partial charge >= 0.3 is 0 Å². The minimum absolute atomic E-state index is 0. The third-order valence-corrected chi connectivity index (χ3v) is 4.03. The molecule has 0 saturated heterocycles. The summed E-state index contributed by atoms with van der Waals surface area (Å²) in [6, 6.07) is 6.20. The first-order chi connectivity index (χ1) is 13.6. The Kier molecular flexibility index (Phi) is 11.6. The molecular formula is C20H32IN5O3. The summed E-state index contributed by atoms with van der Waals surface area (Å²) in [4.78, 5) is 8.58. The minimum atomic E-state index is -0.192. The van der Waals surface area contributed by atoms with E-state index >= 15 is 0 Å². The van der Waals surface area contributed by atoms with Crippen LogP contribution in [-0.4, -0.2) is 36.4 Å². The van der Waals surface area contributed by atoms with Crippen molar-refractivity contribution in [1.29, 1.82) is 0 Å². The van der Waals surface area contributed by atoms with Crippen LogP contribution in [0.3, 0.4) is 0 Å². The van der Waals surface area contributed by atoms with Gasteiger partial charge in [-0.15, -0.1) is 24.0 Å². The molecule has 0 saturated carbocycles. The van der Waals surface area contributed by atoms with Gasteiger partial charge in [0.05, 0.1) is 13.2 Å². The highest BCUT2D eigenvalue weighted by molar-refractivity contribution is 14.0. The third-order valence-electron chi connectivity index (χ3n) is 4.03. The SMILES string of the molecule is CCCOc1cc(C)ccc1CNC(=NC)NCc1nc(C(C)OCC)no1.I. The lowest BCUT2D eigenvalue weighted by atomic mass is 10.1.